The highest BCUT2D eigenvalue weighted by Crippen LogP contribution is 2.09. The molecule has 1 rings (SSSR count). The maximum Gasteiger partial charge on any atom is 0.407 e. The number of ether oxygens (including phenoxy) is 1. The van der Waals surface area contributed by atoms with Crippen LogP contribution in [-0.2, 0) is 4.74 Å². The second-order valence-corrected chi connectivity index (χ2v) is 6.09. The van der Waals surface area contributed by atoms with Gasteiger partial charge in [-0.25, -0.2) is 4.79 Å². The molecule has 18 heavy (non-hydrogen) atoms. The predicted molar refractivity (Wildman–Crippen MR) is 82.4 cm³/mol. The molecule has 1 aromatic carbocycles. The molecular weight excluding hydrogens is 341 g/mol. The highest BCUT2D eigenvalue weighted by atomic mass is 127. The van der Waals surface area contributed by atoms with E-state index >= 15 is 0 Å². The van der Waals surface area contributed by atoms with Crippen molar-refractivity contribution in [2.45, 2.75) is 26.4 Å². The zero-order valence-electron chi connectivity index (χ0n) is 10.9. The van der Waals surface area contributed by atoms with Gasteiger partial charge in [0.15, 0.2) is 0 Å². The number of amides is 1. The lowest BCUT2D eigenvalue weighted by atomic mass is 10.2. The van der Waals surface area contributed by atoms with E-state index < -0.39 is 11.7 Å². The molecule has 0 heterocycles. The van der Waals surface area contributed by atoms with Gasteiger partial charge < -0.3 is 10.1 Å². The molecule has 0 aliphatic rings. The van der Waals surface area contributed by atoms with Gasteiger partial charge in [0.25, 0.3) is 0 Å². The van der Waals surface area contributed by atoms with Crippen molar-refractivity contribution < 1.29 is 9.53 Å². The Morgan fingerprint density at radius 3 is 2.78 bits per heavy atom. The van der Waals surface area contributed by atoms with Gasteiger partial charge in [0.2, 0.25) is 0 Å². The van der Waals surface area contributed by atoms with E-state index in [2.05, 4.69) is 34.0 Å². The minimum atomic E-state index is -0.455. The third-order valence-corrected chi connectivity index (χ3v) is 2.59. The molecule has 0 aliphatic carbocycles. The average Bonchev–Trinajstić information content (AvgIpc) is 2.22. The van der Waals surface area contributed by atoms with E-state index in [0.717, 1.165) is 5.56 Å². The molecule has 0 fully saturated rings. The normalized spacial score (nSPS) is 11.6. The summed E-state index contributed by atoms with van der Waals surface area (Å²) in [4.78, 5) is 11.4. The molecule has 0 unspecified atom stereocenters. The SMILES string of the molecule is CC(C)(C)OC(=O)NCC=Cc1cccc(I)c1. The van der Waals surface area contributed by atoms with Gasteiger partial charge in [0, 0.05) is 10.1 Å². The number of hydrogen-bond donors (Lipinski definition) is 1. The summed E-state index contributed by atoms with van der Waals surface area (Å²) in [6.45, 7) is 5.98. The summed E-state index contributed by atoms with van der Waals surface area (Å²) in [6, 6.07) is 8.14. The highest BCUT2D eigenvalue weighted by Gasteiger charge is 2.14. The maximum absolute atomic E-state index is 11.4. The molecule has 1 amide bonds. The van der Waals surface area contributed by atoms with Crippen LogP contribution in [0.1, 0.15) is 26.3 Å². The second kappa shape index (κ2) is 6.78. The first-order valence-corrected chi connectivity index (χ1v) is 6.84. The Morgan fingerprint density at radius 1 is 1.44 bits per heavy atom. The molecule has 1 aromatic rings. The minimum Gasteiger partial charge on any atom is -0.444 e. The van der Waals surface area contributed by atoms with Gasteiger partial charge in [0.05, 0.1) is 0 Å². The first-order valence-electron chi connectivity index (χ1n) is 5.76. The van der Waals surface area contributed by atoms with E-state index in [9.17, 15) is 4.79 Å². The summed E-state index contributed by atoms with van der Waals surface area (Å²) in [6.07, 6.45) is 3.48. The Hall–Kier alpha value is -1.04. The molecule has 0 bridgehead atoms. The van der Waals surface area contributed by atoms with Crippen molar-refractivity contribution in [2.75, 3.05) is 6.54 Å². The fourth-order valence-electron chi connectivity index (χ4n) is 1.26. The van der Waals surface area contributed by atoms with Crippen LogP contribution in [0.15, 0.2) is 30.3 Å². The van der Waals surface area contributed by atoms with Gasteiger partial charge in [-0.15, -0.1) is 0 Å². The van der Waals surface area contributed by atoms with E-state index in [-0.39, 0.29) is 0 Å². The van der Waals surface area contributed by atoms with Crippen molar-refractivity contribution in [2.24, 2.45) is 0 Å². The van der Waals surface area contributed by atoms with E-state index in [0.29, 0.717) is 6.54 Å². The number of carbonyl (C=O) groups is 1. The topological polar surface area (TPSA) is 38.3 Å². The predicted octanol–water partition coefficient (Wildman–Crippen LogP) is 3.83. The van der Waals surface area contributed by atoms with Gasteiger partial charge in [-0.3, -0.25) is 0 Å². The van der Waals surface area contributed by atoms with Crippen LogP contribution >= 0.6 is 22.6 Å². The molecule has 0 atom stereocenters. The zero-order valence-corrected chi connectivity index (χ0v) is 13.0. The Labute approximate surface area is 122 Å². The number of rotatable bonds is 3. The van der Waals surface area contributed by atoms with Crippen molar-refractivity contribution >= 4 is 34.8 Å². The van der Waals surface area contributed by atoms with Crippen LogP contribution in [0.2, 0.25) is 0 Å². The molecule has 4 heteroatoms. The number of hydrogen-bond acceptors (Lipinski definition) is 2. The van der Waals surface area contributed by atoms with E-state index in [1.54, 1.807) is 0 Å². The molecule has 1 N–H and O–H groups in total. The van der Waals surface area contributed by atoms with Crippen molar-refractivity contribution in [3.05, 3.63) is 39.5 Å². The first kappa shape index (κ1) is 15.0. The Bertz CT molecular complexity index is 436. The zero-order chi connectivity index (χ0) is 13.6. The fraction of sp³-hybridized carbons (Fsp3) is 0.357. The van der Waals surface area contributed by atoms with E-state index in [1.807, 2.05) is 51.1 Å². The Kier molecular flexibility index (Phi) is 5.65. The number of alkyl carbamates (subject to hydrolysis) is 1. The summed E-state index contributed by atoms with van der Waals surface area (Å²) >= 11 is 2.27. The molecule has 0 saturated heterocycles. The van der Waals surface area contributed by atoms with Crippen LogP contribution in [-0.4, -0.2) is 18.2 Å². The molecule has 3 nitrogen and oxygen atoms in total. The van der Waals surface area contributed by atoms with Crippen molar-refractivity contribution in [3.63, 3.8) is 0 Å². The summed E-state index contributed by atoms with van der Waals surface area (Å²) in [7, 11) is 0. The van der Waals surface area contributed by atoms with Crippen LogP contribution in [0.3, 0.4) is 0 Å². The quantitative estimate of drug-likeness (QED) is 0.833. The Morgan fingerprint density at radius 2 is 2.17 bits per heavy atom. The minimum absolute atomic E-state index is 0.394. The number of halogens is 1. The monoisotopic (exact) mass is 359 g/mol. The maximum atomic E-state index is 11.4. The molecule has 0 saturated carbocycles. The van der Waals surface area contributed by atoms with Gasteiger partial charge in [-0.1, -0.05) is 24.3 Å². The largest absolute Gasteiger partial charge is 0.444 e. The van der Waals surface area contributed by atoms with Gasteiger partial charge in [0.1, 0.15) is 5.60 Å². The second-order valence-electron chi connectivity index (χ2n) is 4.84. The van der Waals surface area contributed by atoms with Crippen LogP contribution in [0.25, 0.3) is 6.08 Å². The third kappa shape index (κ3) is 6.64. The van der Waals surface area contributed by atoms with Crippen LogP contribution in [0, 0.1) is 3.57 Å². The standard InChI is InChI=1S/C14H18INO2/c1-14(2,3)18-13(17)16-9-5-7-11-6-4-8-12(15)10-11/h4-8,10H,9H2,1-3H3,(H,16,17). The van der Waals surface area contributed by atoms with Gasteiger partial charge in [-0.2, -0.15) is 0 Å². The van der Waals surface area contributed by atoms with E-state index in [4.69, 9.17) is 4.74 Å². The van der Waals surface area contributed by atoms with Gasteiger partial charge in [-0.05, 0) is 61.1 Å². The molecule has 0 aliphatic heterocycles. The molecule has 98 valence electrons. The fourth-order valence-corrected chi connectivity index (χ4v) is 1.83. The summed E-state index contributed by atoms with van der Waals surface area (Å²) in [5, 5.41) is 2.67. The molecule has 0 radical (unpaired) electrons. The smallest absolute Gasteiger partial charge is 0.407 e. The summed E-state index contributed by atoms with van der Waals surface area (Å²) in [5.41, 5.74) is 0.663. The third-order valence-electron chi connectivity index (χ3n) is 1.92. The van der Waals surface area contributed by atoms with E-state index in [1.165, 1.54) is 3.57 Å². The van der Waals surface area contributed by atoms with Gasteiger partial charge >= 0.3 is 6.09 Å². The Balaban J connectivity index is 2.36. The number of carbonyl (C=O) groups excluding carboxylic acids is 1. The lowest BCUT2D eigenvalue weighted by Gasteiger charge is -2.19. The van der Waals surface area contributed by atoms with Crippen molar-refractivity contribution in [1.29, 1.82) is 0 Å². The van der Waals surface area contributed by atoms with Crippen LogP contribution < -0.4 is 5.32 Å². The first-order chi connectivity index (χ1) is 8.37. The van der Waals surface area contributed by atoms with Crippen LogP contribution in [0.5, 0.6) is 0 Å². The average molecular weight is 359 g/mol. The number of benzene rings is 1. The highest BCUT2D eigenvalue weighted by molar-refractivity contribution is 14.1. The van der Waals surface area contributed by atoms with Crippen molar-refractivity contribution in [1.82, 2.24) is 5.32 Å². The van der Waals surface area contributed by atoms with Crippen LogP contribution in [0.4, 0.5) is 4.79 Å². The lowest BCUT2D eigenvalue weighted by Crippen LogP contribution is -2.32. The number of nitrogens with one attached hydrogen (secondary N) is 1. The molecule has 0 spiro atoms. The molecular formula is C14H18INO2. The summed E-state index contributed by atoms with van der Waals surface area (Å²) in [5.74, 6) is 0. The lowest BCUT2D eigenvalue weighted by molar-refractivity contribution is 0.0534. The molecule has 0 aromatic heterocycles. The summed E-state index contributed by atoms with van der Waals surface area (Å²) < 4.78 is 6.31. The van der Waals surface area contributed by atoms with Crippen molar-refractivity contribution in [3.8, 4) is 0 Å².